The maximum absolute atomic E-state index is 11.7. The van der Waals surface area contributed by atoms with Gasteiger partial charge in [-0.1, -0.05) is 50.0 Å². The van der Waals surface area contributed by atoms with Crippen LogP contribution in [0.15, 0.2) is 28.7 Å². The largest absolute Gasteiger partial charge is 0.466 e. The Morgan fingerprint density at radius 1 is 1.08 bits per heavy atom. The Hall–Kier alpha value is -1.03. The van der Waals surface area contributed by atoms with Crippen LogP contribution in [0.5, 0.6) is 0 Å². The van der Waals surface area contributed by atoms with Crippen molar-refractivity contribution in [3.63, 3.8) is 0 Å². The predicted octanol–water partition coefficient (Wildman–Crippen LogP) is 6.43. The van der Waals surface area contributed by atoms with E-state index in [-0.39, 0.29) is 16.8 Å². The molecule has 3 nitrogen and oxygen atoms in total. The predicted molar refractivity (Wildman–Crippen MR) is 110 cm³/mol. The maximum Gasteiger partial charge on any atom is 0.305 e. The Morgan fingerprint density at radius 3 is 2.20 bits per heavy atom. The normalized spacial score (nSPS) is 15.9. The number of carbonyl (C=O) groups excluding carboxylic acids is 1. The van der Waals surface area contributed by atoms with Crippen molar-refractivity contribution in [1.82, 2.24) is 0 Å². The highest BCUT2D eigenvalue weighted by Crippen LogP contribution is 2.42. The van der Waals surface area contributed by atoms with Gasteiger partial charge in [0.05, 0.1) is 6.61 Å². The lowest BCUT2D eigenvalue weighted by molar-refractivity contribution is -0.143. The van der Waals surface area contributed by atoms with E-state index in [1.54, 1.807) is 0 Å². The molecule has 0 spiro atoms. The fourth-order valence-electron chi connectivity index (χ4n) is 3.25. The minimum absolute atomic E-state index is 0.0756. The van der Waals surface area contributed by atoms with Gasteiger partial charge in [-0.3, -0.25) is 4.79 Å². The topological polar surface area (TPSA) is 38.3 Å². The number of esters is 1. The third-order valence-electron chi connectivity index (χ3n) is 5.36. The van der Waals surface area contributed by atoms with Crippen LogP contribution in [0.1, 0.15) is 66.7 Å². The number of halogens is 1. The molecule has 2 unspecified atom stereocenters. The molecule has 0 amide bonds. The molecule has 0 saturated carbocycles. The number of rotatable bonds is 11. The van der Waals surface area contributed by atoms with E-state index in [9.17, 15) is 4.79 Å². The van der Waals surface area contributed by atoms with Crippen LogP contribution in [0.4, 0.5) is 5.69 Å². The average Bonchev–Trinajstić information content (AvgIpc) is 2.60. The molecule has 0 heterocycles. The zero-order chi connectivity index (χ0) is 18.9. The van der Waals surface area contributed by atoms with Gasteiger partial charge in [0.15, 0.2) is 0 Å². The van der Waals surface area contributed by atoms with Gasteiger partial charge in [0.25, 0.3) is 0 Å². The van der Waals surface area contributed by atoms with E-state index in [1.807, 2.05) is 6.92 Å². The Labute approximate surface area is 162 Å². The summed E-state index contributed by atoms with van der Waals surface area (Å²) in [4.78, 5) is 11.7. The van der Waals surface area contributed by atoms with Gasteiger partial charge in [0.1, 0.15) is 0 Å². The lowest BCUT2D eigenvalue weighted by Gasteiger charge is -2.39. The Balaban J connectivity index is 2.67. The van der Waals surface area contributed by atoms with Gasteiger partial charge in [0, 0.05) is 23.1 Å². The molecule has 0 aromatic heterocycles. The van der Waals surface area contributed by atoms with Crippen molar-refractivity contribution < 1.29 is 9.53 Å². The Morgan fingerprint density at radius 2 is 1.68 bits per heavy atom. The van der Waals surface area contributed by atoms with Crippen LogP contribution in [0.25, 0.3) is 0 Å². The third kappa shape index (κ3) is 7.81. The van der Waals surface area contributed by atoms with Gasteiger partial charge in [-0.25, -0.2) is 0 Å². The summed E-state index contributed by atoms with van der Waals surface area (Å²) in [5.74, 6) is -0.0756. The first-order valence-corrected chi connectivity index (χ1v) is 10.2. The second-order valence-electron chi connectivity index (χ2n) is 7.67. The number of carbonyl (C=O) groups is 1. The monoisotopic (exact) mass is 411 g/mol. The summed E-state index contributed by atoms with van der Waals surface area (Å²) in [6.45, 7) is 12.4. The fraction of sp³-hybridized carbons (Fsp3) is 0.667. The van der Waals surface area contributed by atoms with E-state index >= 15 is 0 Å². The van der Waals surface area contributed by atoms with E-state index < -0.39 is 0 Å². The van der Waals surface area contributed by atoms with E-state index in [1.165, 1.54) is 0 Å². The molecule has 1 aromatic rings. The molecule has 142 valence electrons. The first kappa shape index (κ1) is 22.0. The quantitative estimate of drug-likeness (QED) is 0.426. The summed E-state index contributed by atoms with van der Waals surface area (Å²) in [6.07, 6.45) is 4.66. The van der Waals surface area contributed by atoms with Crippen LogP contribution in [0.3, 0.4) is 0 Å². The van der Waals surface area contributed by atoms with E-state index in [0.717, 1.165) is 42.4 Å². The second-order valence-corrected chi connectivity index (χ2v) is 8.59. The summed E-state index contributed by atoms with van der Waals surface area (Å²) in [6, 6.07) is 8.31. The number of hydrogen-bond donors (Lipinski definition) is 1. The van der Waals surface area contributed by atoms with Crippen LogP contribution in [-0.2, 0) is 9.53 Å². The molecule has 0 aliphatic heterocycles. The molecule has 0 bridgehead atoms. The molecule has 0 fully saturated rings. The summed E-state index contributed by atoms with van der Waals surface area (Å²) in [5, 5.41) is 3.58. The molecule has 1 rings (SSSR count). The van der Waals surface area contributed by atoms with Gasteiger partial charge in [-0.05, 0) is 61.3 Å². The van der Waals surface area contributed by atoms with Crippen LogP contribution in [0, 0.1) is 10.8 Å². The molecule has 4 heteroatoms. The van der Waals surface area contributed by atoms with Gasteiger partial charge >= 0.3 is 5.97 Å². The summed E-state index contributed by atoms with van der Waals surface area (Å²) in [7, 11) is 0. The summed E-state index contributed by atoms with van der Waals surface area (Å²) >= 11 is 3.47. The minimum atomic E-state index is -0.0756. The maximum atomic E-state index is 11.7. The molecule has 2 atom stereocenters. The number of ether oxygens (including phenoxy) is 1. The summed E-state index contributed by atoms with van der Waals surface area (Å²) in [5.41, 5.74) is 1.48. The zero-order valence-electron chi connectivity index (χ0n) is 16.5. The van der Waals surface area contributed by atoms with Gasteiger partial charge in [0.2, 0.25) is 0 Å². The highest BCUT2D eigenvalue weighted by atomic mass is 79.9. The first-order valence-electron chi connectivity index (χ1n) is 9.41. The first-order chi connectivity index (χ1) is 11.8. The molecular weight excluding hydrogens is 378 g/mol. The van der Waals surface area contributed by atoms with Crippen molar-refractivity contribution in [1.29, 1.82) is 0 Å². The van der Waals surface area contributed by atoms with E-state index in [2.05, 4.69) is 73.2 Å². The number of hydrogen-bond acceptors (Lipinski definition) is 3. The molecule has 0 radical (unpaired) electrons. The molecule has 0 saturated heterocycles. The van der Waals surface area contributed by atoms with Gasteiger partial charge in [-0.15, -0.1) is 0 Å². The van der Waals surface area contributed by atoms with E-state index in [0.29, 0.717) is 13.0 Å². The van der Waals surface area contributed by atoms with Crippen molar-refractivity contribution in [2.24, 2.45) is 10.8 Å². The van der Waals surface area contributed by atoms with E-state index in [4.69, 9.17) is 4.74 Å². The van der Waals surface area contributed by atoms with Gasteiger partial charge < -0.3 is 10.1 Å². The SMILES string of the molecule is CCOC(=O)CCC(C)(CC)CC(C)(CC)CNc1ccc(Br)cc1. The molecular formula is C21H34BrNO2. The van der Waals surface area contributed by atoms with Crippen molar-refractivity contribution in [2.45, 2.75) is 66.7 Å². The lowest BCUT2D eigenvalue weighted by atomic mass is 9.68. The lowest BCUT2D eigenvalue weighted by Crippen LogP contribution is -2.33. The van der Waals surface area contributed by atoms with Crippen LogP contribution in [0.2, 0.25) is 0 Å². The fourth-order valence-corrected chi connectivity index (χ4v) is 3.52. The molecule has 25 heavy (non-hydrogen) atoms. The smallest absolute Gasteiger partial charge is 0.305 e. The van der Waals surface area contributed by atoms with Crippen LogP contribution in [-0.4, -0.2) is 19.1 Å². The third-order valence-corrected chi connectivity index (χ3v) is 5.89. The highest BCUT2D eigenvalue weighted by molar-refractivity contribution is 9.10. The molecule has 0 aliphatic rings. The standard InChI is InChI=1S/C21H34BrNO2/c1-6-20(4,14-13-19(24)25-8-3)15-21(5,7-2)16-23-18-11-9-17(22)10-12-18/h9-12,23H,6-8,13-16H2,1-5H3. The number of nitrogens with one attached hydrogen (secondary N) is 1. The van der Waals surface area contributed by atoms with Crippen LogP contribution >= 0.6 is 15.9 Å². The average molecular weight is 412 g/mol. The highest BCUT2D eigenvalue weighted by Gasteiger charge is 2.33. The zero-order valence-corrected chi connectivity index (χ0v) is 18.0. The number of benzene rings is 1. The minimum Gasteiger partial charge on any atom is -0.466 e. The molecule has 1 N–H and O–H groups in total. The van der Waals surface area contributed by atoms with Crippen LogP contribution < -0.4 is 5.32 Å². The number of anilines is 1. The summed E-state index contributed by atoms with van der Waals surface area (Å²) < 4.78 is 6.19. The molecule has 1 aromatic carbocycles. The van der Waals surface area contributed by atoms with Crippen molar-refractivity contribution in [2.75, 3.05) is 18.5 Å². The van der Waals surface area contributed by atoms with Crippen molar-refractivity contribution >= 4 is 27.6 Å². The Bertz CT molecular complexity index is 531. The second kappa shape index (κ2) is 10.2. The van der Waals surface area contributed by atoms with Crippen molar-refractivity contribution in [3.05, 3.63) is 28.7 Å². The van der Waals surface area contributed by atoms with Crippen molar-refractivity contribution in [3.8, 4) is 0 Å². The van der Waals surface area contributed by atoms with Gasteiger partial charge in [-0.2, -0.15) is 0 Å². The Kier molecular flexibility index (Phi) is 8.98. The molecule has 0 aliphatic carbocycles.